The maximum Gasteiger partial charge on any atom is 0.430 e. The van der Waals surface area contributed by atoms with Crippen molar-refractivity contribution < 1.29 is 52.7 Å². The van der Waals surface area contributed by atoms with Crippen LogP contribution in [0.1, 0.15) is 29.5 Å². The van der Waals surface area contributed by atoms with E-state index in [0.717, 1.165) is 42.5 Å². The lowest BCUT2D eigenvalue weighted by Crippen LogP contribution is -2.55. The summed E-state index contributed by atoms with van der Waals surface area (Å²) in [6.07, 6.45) is -12.2. The molecule has 3 aromatic carbocycles. The molecule has 0 atom stereocenters. The van der Waals surface area contributed by atoms with Gasteiger partial charge < -0.3 is 4.74 Å². The summed E-state index contributed by atoms with van der Waals surface area (Å²) in [7, 11) is -4.18. The molecular weight excluding hydrogens is 551 g/mol. The third-order valence-electron chi connectivity index (χ3n) is 6.45. The molecule has 0 saturated heterocycles. The van der Waals surface area contributed by atoms with Crippen LogP contribution in [-0.2, 0) is 31.5 Å². The predicted octanol–water partition coefficient (Wildman–Crippen LogP) is 7.10. The second-order valence-corrected chi connectivity index (χ2v) is 11.0. The number of sulfone groups is 1. The summed E-state index contributed by atoms with van der Waals surface area (Å²) in [5, 5.41) is 0. The second-order valence-electron chi connectivity index (χ2n) is 8.69. The molecule has 3 nitrogen and oxygen atoms in total. The Morgan fingerprint density at radius 1 is 0.737 bits per heavy atom. The van der Waals surface area contributed by atoms with E-state index >= 15 is 0 Å². The number of rotatable bonds is 7. The molecule has 0 bridgehead atoms. The average molecular weight is 568 g/mol. The molecule has 3 aromatic rings. The molecule has 1 aliphatic carbocycles. The van der Waals surface area contributed by atoms with Crippen molar-refractivity contribution in [1.82, 2.24) is 0 Å². The van der Waals surface area contributed by atoms with Gasteiger partial charge in [0.25, 0.3) is 5.60 Å². The van der Waals surface area contributed by atoms with Crippen molar-refractivity contribution in [1.29, 1.82) is 0 Å². The van der Waals surface area contributed by atoms with Crippen LogP contribution in [0.25, 0.3) is 0 Å². The molecule has 4 rings (SSSR count). The monoisotopic (exact) mass is 568 g/mol. The molecule has 38 heavy (non-hydrogen) atoms. The van der Waals surface area contributed by atoms with E-state index in [1.807, 2.05) is 0 Å². The summed E-state index contributed by atoms with van der Waals surface area (Å²) >= 11 is 0. The largest absolute Gasteiger partial charge is 0.430 e. The van der Waals surface area contributed by atoms with Crippen molar-refractivity contribution in [2.45, 2.75) is 47.0 Å². The maximum atomic E-state index is 14.1. The number of hydrogen-bond acceptors (Lipinski definition) is 3. The first-order valence-corrected chi connectivity index (χ1v) is 12.4. The Kier molecular flexibility index (Phi) is 6.84. The molecule has 0 aliphatic heterocycles. The van der Waals surface area contributed by atoms with Crippen molar-refractivity contribution in [3.8, 4) is 0 Å². The molecule has 0 N–H and O–H groups in total. The zero-order chi connectivity index (χ0) is 28.1. The molecule has 204 valence electrons. The van der Waals surface area contributed by atoms with Gasteiger partial charge in [0, 0.05) is 11.1 Å². The van der Waals surface area contributed by atoms with Crippen LogP contribution in [-0.4, -0.2) is 20.8 Å². The highest BCUT2D eigenvalue weighted by Gasteiger charge is 2.73. The molecule has 0 unspecified atom stereocenters. The van der Waals surface area contributed by atoms with E-state index in [1.165, 1.54) is 0 Å². The first-order valence-electron chi connectivity index (χ1n) is 10.9. The Hall–Kier alpha value is -3.06. The molecule has 0 aromatic heterocycles. The molecule has 1 aliphatic rings. The zero-order valence-corrected chi connectivity index (χ0v) is 19.8. The Balaban J connectivity index is 1.76. The van der Waals surface area contributed by atoms with E-state index in [-0.39, 0.29) is 23.3 Å². The Bertz CT molecular complexity index is 1390. The van der Waals surface area contributed by atoms with E-state index in [0.29, 0.717) is 24.3 Å². The summed E-state index contributed by atoms with van der Waals surface area (Å²) in [4.78, 5) is -0.268. The van der Waals surface area contributed by atoms with Crippen LogP contribution in [0.5, 0.6) is 0 Å². The first kappa shape index (κ1) is 28.0. The topological polar surface area (TPSA) is 43.4 Å². The highest BCUT2D eigenvalue weighted by Crippen LogP contribution is 2.57. The predicted molar refractivity (Wildman–Crippen MR) is 116 cm³/mol. The van der Waals surface area contributed by atoms with Crippen molar-refractivity contribution in [3.63, 3.8) is 0 Å². The molecule has 0 amide bonds. The number of halogens is 9. The number of benzene rings is 3. The van der Waals surface area contributed by atoms with Crippen molar-refractivity contribution in [2.75, 3.05) is 0 Å². The molecular formula is C25H17F9O3S. The van der Waals surface area contributed by atoms with Crippen molar-refractivity contribution in [3.05, 3.63) is 101 Å². The van der Waals surface area contributed by atoms with Crippen molar-refractivity contribution in [2.24, 2.45) is 0 Å². The molecule has 0 heterocycles. The fourth-order valence-corrected chi connectivity index (χ4v) is 6.29. The minimum absolute atomic E-state index is 0.0266. The zero-order valence-electron chi connectivity index (χ0n) is 19.0. The Morgan fingerprint density at radius 2 is 1.24 bits per heavy atom. The van der Waals surface area contributed by atoms with Crippen LogP contribution < -0.4 is 0 Å². The lowest BCUT2D eigenvalue weighted by Gasteiger charge is -2.37. The van der Waals surface area contributed by atoms with Gasteiger partial charge in [-0.15, -0.1) is 0 Å². The number of hydrogen-bond donors (Lipinski definition) is 0. The van der Waals surface area contributed by atoms with Gasteiger partial charge in [-0.3, -0.25) is 0 Å². The molecule has 0 radical (unpaired) electrons. The highest BCUT2D eigenvalue weighted by atomic mass is 32.2. The molecule has 13 heteroatoms. The van der Waals surface area contributed by atoms with Gasteiger partial charge in [0.15, 0.2) is 9.84 Å². The van der Waals surface area contributed by atoms with Crippen molar-refractivity contribution >= 4 is 9.84 Å². The van der Waals surface area contributed by atoms with Gasteiger partial charge in [0.1, 0.15) is 22.2 Å². The van der Waals surface area contributed by atoms with Gasteiger partial charge in [-0.25, -0.2) is 21.6 Å². The third-order valence-corrected chi connectivity index (χ3v) is 9.02. The highest BCUT2D eigenvalue weighted by molar-refractivity contribution is 7.92. The summed E-state index contributed by atoms with van der Waals surface area (Å²) < 4.78 is 155. The number of ether oxygens (including phenoxy) is 1. The Labute approximate surface area is 210 Å². The van der Waals surface area contributed by atoms with Gasteiger partial charge in [0.05, 0.1) is 11.5 Å². The molecule has 1 fully saturated rings. The lowest BCUT2D eigenvalue weighted by atomic mass is 9.90. The summed E-state index contributed by atoms with van der Waals surface area (Å²) in [6.45, 7) is -1.71. The standard InChI is InChI=1S/C25H17F9O3S/c26-17-8-10-18(11-9-17)38(35,36)22(12-13-22)15-4-6-16(7-5-15)23(24(29,30)31,25(32,33)34)37-14-19-20(27)2-1-3-21(19)28/h1-11H,12-14H2. The van der Waals surface area contributed by atoms with E-state index in [1.54, 1.807) is 0 Å². The second kappa shape index (κ2) is 9.30. The van der Waals surface area contributed by atoms with Crippen LogP contribution in [0, 0.1) is 17.5 Å². The fourth-order valence-electron chi connectivity index (χ4n) is 4.26. The SMILES string of the molecule is O=S(=O)(c1ccc(F)cc1)C1(c2ccc(C(OCc3c(F)cccc3F)(C(F)(F)F)C(F)(F)F)cc2)CC1. The van der Waals surface area contributed by atoms with E-state index in [2.05, 4.69) is 4.74 Å². The van der Waals surface area contributed by atoms with Crippen LogP contribution in [0.4, 0.5) is 39.5 Å². The Morgan fingerprint density at radius 3 is 1.68 bits per heavy atom. The lowest BCUT2D eigenvalue weighted by molar-refractivity contribution is -0.392. The summed E-state index contributed by atoms with van der Waals surface area (Å²) in [6, 6.07) is 8.47. The third kappa shape index (κ3) is 4.45. The minimum atomic E-state index is -6.13. The van der Waals surface area contributed by atoms with Gasteiger partial charge in [0.2, 0.25) is 0 Å². The smallest absolute Gasteiger partial charge is 0.349 e. The normalized spacial score (nSPS) is 15.9. The molecule has 1 saturated carbocycles. The first-order chi connectivity index (χ1) is 17.6. The molecule has 0 spiro atoms. The number of alkyl halides is 6. The minimum Gasteiger partial charge on any atom is -0.349 e. The van der Waals surface area contributed by atoms with Gasteiger partial charge >= 0.3 is 12.4 Å². The maximum absolute atomic E-state index is 14.1. The quantitative estimate of drug-likeness (QED) is 0.226. The van der Waals surface area contributed by atoms with Crippen LogP contribution in [0.3, 0.4) is 0 Å². The van der Waals surface area contributed by atoms with Gasteiger partial charge in [-0.2, -0.15) is 26.3 Å². The fraction of sp³-hybridized carbons (Fsp3) is 0.280. The summed E-state index contributed by atoms with van der Waals surface area (Å²) in [5.74, 6) is -3.51. The van der Waals surface area contributed by atoms with Crippen LogP contribution in [0.2, 0.25) is 0 Å². The summed E-state index contributed by atoms with van der Waals surface area (Å²) in [5.41, 5.74) is -7.67. The van der Waals surface area contributed by atoms with E-state index in [9.17, 15) is 47.9 Å². The van der Waals surface area contributed by atoms with Crippen LogP contribution in [0.15, 0.2) is 71.6 Å². The average Bonchev–Trinajstić information content (AvgIpc) is 3.63. The van der Waals surface area contributed by atoms with E-state index < -0.39 is 67.7 Å². The van der Waals surface area contributed by atoms with Gasteiger partial charge in [-0.05, 0) is 54.8 Å². The van der Waals surface area contributed by atoms with E-state index in [4.69, 9.17) is 0 Å². The van der Waals surface area contributed by atoms with Gasteiger partial charge in [-0.1, -0.05) is 30.3 Å². The van der Waals surface area contributed by atoms with Crippen LogP contribution >= 0.6 is 0 Å².